The number of methoxy groups -OCH3 is 1. The molecule has 0 radical (unpaired) electrons. The molecule has 0 fully saturated rings. The molecule has 1 heterocycles. The summed E-state index contributed by atoms with van der Waals surface area (Å²) in [5.74, 6) is 0.327. The number of amides is 1. The van der Waals surface area contributed by atoms with E-state index in [0.717, 1.165) is 23.3 Å². The zero-order chi connectivity index (χ0) is 19.9. The molecular formula is C20H20N4O3S. The first kappa shape index (κ1) is 19.6. The Balaban J connectivity index is 1.65. The summed E-state index contributed by atoms with van der Waals surface area (Å²) < 4.78 is 4.65. The van der Waals surface area contributed by atoms with E-state index in [0.29, 0.717) is 16.4 Å². The summed E-state index contributed by atoms with van der Waals surface area (Å²) in [5.41, 5.74) is 1.86. The van der Waals surface area contributed by atoms with E-state index in [9.17, 15) is 9.59 Å². The number of benzene rings is 2. The number of thioether (sulfide) groups is 1. The Morgan fingerprint density at radius 1 is 1.07 bits per heavy atom. The fourth-order valence-electron chi connectivity index (χ4n) is 2.56. The summed E-state index contributed by atoms with van der Waals surface area (Å²) in [6.45, 7) is 2.75. The molecule has 0 spiro atoms. The van der Waals surface area contributed by atoms with Gasteiger partial charge in [0, 0.05) is 17.6 Å². The number of fused-ring (bicyclic) bond motifs is 1. The highest BCUT2D eigenvalue weighted by Gasteiger charge is 2.11. The van der Waals surface area contributed by atoms with Crippen LogP contribution in [0.1, 0.15) is 17.3 Å². The minimum Gasteiger partial charge on any atom is -0.465 e. The van der Waals surface area contributed by atoms with Crippen molar-refractivity contribution in [3.63, 3.8) is 0 Å². The Morgan fingerprint density at radius 3 is 2.54 bits per heavy atom. The standard InChI is InChI=1S/C20H20N4O3S/c1-3-21-18-15-6-4-5-7-16(15)23-20(24-18)28-12-17(25)22-14-10-8-13(9-11-14)19(26)27-2/h4-11H,3,12H2,1-2H3,(H,22,25)(H,21,23,24). The molecule has 3 rings (SSSR count). The maximum Gasteiger partial charge on any atom is 0.337 e. The van der Waals surface area contributed by atoms with E-state index < -0.39 is 5.97 Å². The molecule has 3 aromatic rings. The van der Waals surface area contributed by atoms with E-state index in [1.54, 1.807) is 24.3 Å². The highest BCUT2D eigenvalue weighted by molar-refractivity contribution is 7.99. The molecule has 1 amide bonds. The quantitative estimate of drug-likeness (QED) is 0.358. The van der Waals surface area contributed by atoms with E-state index in [2.05, 4.69) is 25.3 Å². The molecule has 0 bridgehead atoms. The lowest BCUT2D eigenvalue weighted by Gasteiger charge is -2.09. The maximum atomic E-state index is 12.2. The monoisotopic (exact) mass is 396 g/mol. The SMILES string of the molecule is CCNc1nc(SCC(=O)Nc2ccc(C(=O)OC)cc2)nc2ccccc12. The van der Waals surface area contributed by atoms with Crippen LogP contribution in [0.25, 0.3) is 10.9 Å². The van der Waals surface area contributed by atoms with Gasteiger partial charge in [-0.15, -0.1) is 0 Å². The first-order valence-electron chi connectivity index (χ1n) is 8.72. The first-order chi connectivity index (χ1) is 13.6. The second-order valence-corrected chi connectivity index (χ2v) is 6.75. The first-order valence-corrected chi connectivity index (χ1v) is 9.71. The maximum absolute atomic E-state index is 12.2. The molecule has 2 N–H and O–H groups in total. The summed E-state index contributed by atoms with van der Waals surface area (Å²) in [4.78, 5) is 32.7. The summed E-state index contributed by atoms with van der Waals surface area (Å²) in [6, 6.07) is 14.3. The normalized spacial score (nSPS) is 10.5. The van der Waals surface area contributed by atoms with Gasteiger partial charge in [-0.3, -0.25) is 4.79 Å². The van der Waals surface area contributed by atoms with E-state index in [1.807, 2.05) is 31.2 Å². The lowest BCUT2D eigenvalue weighted by molar-refractivity contribution is -0.113. The van der Waals surface area contributed by atoms with Gasteiger partial charge in [0.2, 0.25) is 5.91 Å². The molecule has 144 valence electrons. The highest BCUT2D eigenvalue weighted by Crippen LogP contribution is 2.24. The Hall–Kier alpha value is -3.13. The number of nitrogens with zero attached hydrogens (tertiary/aromatic N) is 2. The Morgan fingerprint density at radius 2 is 1.82 bits per heavy atom. The molecular weight excluding hydrogens is 376 g/mol. The van der Waals surface area contributed by atoms with Crippen LogP contribution in [-0.2, 0) is 9.53 Å². The lowest BCUT2D eigenvalue weighted by Crippen LogP contribution is -2.14. The van der Waals surface area contributed by atoms with Crippen LogP contribution in [0.5, 0.6) is 0 Å². The van der Waals surface area contributed by atoms with Crippen molar-refractivity contribution in [1.29, 1.82) is 0 Å². The fourth-order valence-corrected chi connectivity index (χ4v) is 3.21. The van der Waals surface area contributed by atoms with Crippen LogP contribution in [0.15, 0.2) is 53.7 Å². The third-order valence-electron chi connectivity index (χ3n) is 3.85. The third kappa shape index (κ3) is 4.77. The minimum atomic E-state index is -0.418. The molecule has 0 saturated carbocycles. The van der Waals surface area contributed by atoms with Crippen molar-refractivity contribution in [2.45, 2.75) is 12.1 Å². The van der Waals surface area contributed by atoms with E-state index in [1.165, 1.54) is 18.9 Å². The number of nitrogens with one attached hydrogen (secondary N) is 2. The number of ether oxygens (including phenoxy) is 1. The predicted octanol–water partition coefficient (Wildman–Crippen LogP) is 3.58. The van der Waals surface area contributed by atoms with Crippen LogP contribution in [0.3, 0.4) is 0 Å². The summed E-state index contributed by atoms with van der Waals surface area (Å²) in [7, 11) is 1.32. The average molecular weight is 396 g/mol. The molecule has 0 unspecified atom stereocenters. The molecule has 0 aliphatic carbocycles. The molecule has 7 nitrogen and oxygen atoms in total. The van der Waals surface area contributed by atoms with E-state index in [-0.39, 0.29) is 11.7 Å². The smallest absolute Gasteiger partial charge is 0.337 e. The van der Waals surface area contributed by atoms with Crippen LogP contribution >= 0.6 is 11.8 Å². The van der Waals surface area contributed by atoms with Gasteiger partial charge in [-0.2, -0.15) is 0 Å². The molecule has 2 aromatic carbocycles. The third-order valence-corrected chi connectivity index (χ3v) is 4.70. The van der Waals surface area contributed by atoms with E-state index >= 15 is 0 Å². The number of para-hydroxylation sites is 1. The van der Waals surface area contributed by atoms with Gasteiger partial charge in [0.1, 0.15) is 5.82 Å². The van der Waals surface area contributed by atoms with Crippen molar-refractivity contribution in [3.8, 4) is 0 Å². The van der Waals surface area contributed by atoms with Crippen LogP contribution in [0, 0.1) is 0 Å². The molecule has 0 saturated heterocycles. The van der Waals surface area contributed by atoms with Crippen LogP contribution in [-0.4, -0.2) is 41.3 Å². The van der Waals surface area contributed by atoms with Gasteiger partial charge in [0.15, 0.2) is 5.16 Å². The van der Waals surface area contributed by atoms with Gasteiger partial charge in [-0.05, 0) is 43.3 Å². The van der Waals surface area contributed by atoms with Crippen molar-refractivity contribution in [3.05, 3.63) is 54.1 Å². The number of hydrogen-bond donors (Lipinski definition) is 2. The van der Waals surface area contributed by atoms with Crippen molar-refractivity contribution < 1.29 is 14.3 Å². The van der Waals surface area contributed by atoms with Crippen molar-refractivity contribution in [2.24, 2.45) is 0 Å². The average Bonchev–Trinajstić information content (AvgIpc) is 2.72. The number of esters is 1. The van der Waals surface area contributed by atoms with Gasteiger partial charge in [0.25, 0.3) is 0 Å². The molecule has 0 aliphatic rings. The lowest BCUT2D eigenvalue weighted by atomic mass is 10.2. The Bertz CT molecular complexity index is 992. The zero-order valence-corrected chi connectivity index (χ0v) is 16.4. The van der Waals surface area contributed by atoms with Gasteiger partial charge in [0.05, 0.1) is 23.9 Å². The minimum absolute atomic E-state index is 0.169. The summed E-state index contributed by atoms with van der Waals surface area (Å²) in [5, 5.41) is 7.51. The molecule has 1 aromatic heterocycles. The Kier molecular flexibility index (Phi) is 6.44. The van der Waals surface area contributed by atoms with Gasteiger partial charge >= 0.3 is 5.97 Å². The largest absolute Gasteiger partial charge is 0.465 e. The topological polar surface area (TPSA) is 93.2 Å². The number of rotatable bonds is 7. The van der Waals surface area contributed by atoms with Crippen molar-refractivity contribution >= 4 is 46.0 Å². The van der Waals surface area contributed by atoms with Crippen molar-refractivity contribution in [2.75, 3.05) is 30.0 Å². The molecule has 28 heavy (non-hydrogen) atoms. The number of carbonyl (C=O) groups is 2. The van der Waals surface area contributed by atoms with Crippen LogP contribution in [0.4, 0.5) is 11.5 Å². The second kappa shape index (κ2) is 9.18. The summed E-state index contributed by atoms with van der Waals surface area (Å²) in [6.07, 6.45) is 0. The zero-order valence-electron chi connectivity index (χ0n) is 15.6. The Labute approximate surface area is 166 Å². The van der Waals surface area contributed by atoms with E-state index in [4.69, 9.17) is 0 Å². The predicted molar refractivity (Wildman–Crippen MR) is 111 cm³/mol. The van der Waals surface area contributed by atoms with Crippen molar-refractivity contribution in [1.82, 2.24) is 9.97 Å². The molecule has 0 aliphatic heterocycles. The number of hydrogen-bond acceptors (Lipinski definition) is 7. The van der Waals surface area contributed by atoms with Gasteiger partial charge in [-0.1, -0.05) is 23.9 Å². The van der Waals surface area contributed by atoms with Gasteiger partial charge in [-0.25, -0.2) is 14.8 Å². The second-order valence-electron chi connectivity index (χ2n) is 5.81. The fraction of sp³-hybridized carbons (Fsp3) is 0.200. The van der Waals surface area contributed by atoms with Crippen LogP contribution < -0.4 is 10.6 Å². The number of carbonyl (C=O) groups excluding carboxylic acids is 2. The van der Waals surface area contributed by atoms with Crippen LogP contribution in [0.2, 0.25) is 0 Å². The number of anilines is 2. The number of aromatic nitrogens is 2. The van der Waals surface area contributed by atoms with Gasteiger partial charge < -0.3 is 15.4 Å². The summed E-state index contributed by atoms with van der Waals surface area (Å²) >= 11 is 1.27. The highest BCUT2D eigenvalue weighted by atomic mass is 32.2. The molecule has 8 heteroatoms. The molecule has 0 atom stereocenters.